The van der Waals surface area contributed by atoms with Crippen LogP contribution in [0.3, 0.4) is 0 Å². The van der Waals surface area contributed by atoms with Gasteiger partial charge in [0.1, 0.15) is 0 Å². The van der Waals surface area contributed by atoms with E-state index in [9.17, 15) is 52.7 Å². The molecule has 0 unspecified atom stereocenters. The standard InChI is InChI=1S/C22H13F12N3/c23-19(24,25)11-6-15(35)17(8-13(11)21(29,30)31)37(10-4-2-1-3-5-10)18-9-14(22(32,33)34)12(7-16(18)36)20(26,27)28/h1-9H,35-36H2. The minimum atomic E-state index is -5.60. The Balaban J connectivity index is 2.45. The molecule has 0 aliphatic rings. The zero-order valence-electron chi connectivity index (χ0n) is 17.8. The second kappa shape index (κ2) is 8.95. The van der Waals surface area contributed by atoms with Crippen molar-refractivity contribution in [2.24, 2.45) is 0 Å². The van der Waals surface area contributed by atoms with Gasteiger partial charge in [0, 0.05) is 5.69 Å². The van der Waals surface area contributed by atoms with Gasteiger partial charge in [0.2, 0.25) is 0 Å². The molecule has 0 amide bonds. The highest BCUT2D eigenvalue weighted by molar-refractivity contribution is 5.89. The quantitative estimate of drug-likeness (QED) is 0.256. The maximum Gasteiger partial charge on any atom is 0.417 e. The summed E-state index contributed by atoms with van der Waals surface area (Å²) in [4.78, 5) is 0.509. The average molecular weight is 547 g/mol. The summed E-state index contributed by atoms with van der Waals surface area (Å²) in [6.07, 6.45) is -22.2. The Morgan fingerprint density at radius 2 is 0.757 bits per heavy atom. The monoisotopic (exact) mass is 547 g/mol. The van der Waals surface area contributed by atoms with Gasteiger partial charge in [-0.2, -0.15) is 52.7 Å². The van der Waals surface area contributed by atoms with Crippen LogP contribution >= 0.6 is 0 Å². The second-order valence-corrected chi connectivity index (χ2v) is 7.58. The summed E-state index contributed by atoms with van der Waals surface area (Å²) in [7, 11) is 0. The first-order chi connectivity index (χ1) is 16.7. The van der Waals surface area contributed by atoms with E-state index in [0.29, 0.717) is 4.90 Å². The van der Waals surface area contributed by atoms with Crippen molar-refractivity contribution in [2.75, 3.05) is 16.4 Å². The highest BCUT2D eigenvalue weighted by Crippen LogP contribution is 2.50. The molecule has 0 radical (unpaired) electrons. The minimum Gasteiger partial charge on any atom is -0.397 e. The van der Waals surface area contributed by atoms with E-state index in [2.05, 4.69) is 0 Å². The lowest BCUT2D eigenvalue weighted by atomic mass is 10.00. The number of alkyl halides is 12. The molecule has 3 nitrogen and oxygen atoms in total. The van der Waals surface area contributed by atoms with Crippen LogP contribution in [-0.2, 0) is 24.7 Å². The molecule has 0 fully saturated rings. The van der Waals surface area contributed by atoms with Crippen LogP contribution in [0.4, 0.5) is 81.1 Å². The normalized spacial score (nSPS) is 13.1. The van der Waals surface area contributed by atoms with Crippen molar-refractivity contribution >= 4 is 28.4 Å². The first-order valence-corrected chi connectivity index (χ1v) is 9.74. The van der Waals surface area contributed by atoms with Crippen molar-refractivity contribution in [3.63, 3.8) is 0 Å². The zero-order chi connectivity index (χ0) is 28.1. The van der Waals surface area contributed by atoms with Gasteiger partial charge < -0.3 is 16.4 Å². The SMILES string of the molecule is Nc1cc(C(F)(F)F)c(C(F)(F)F)cc1N(c1ccccc1)c1cc(C(F)(F)F)c(C(F)(F)F)cc1N. The average Bonchev–Trinajstić information content (AvgIpc) is 2.73. The van der Waals surface area contributed by atoms with Crippen LogP contribution < -0.4 is 16.4 Å². The number of para-hydroxylation sites is 1. The zero-order valence-corrected chi connectivity index (χ0v) is 17.8. The molecule has 3 aromatic carbocycles. The first kappa shape index (κ1) is 27.8. The van der Waals surface area contributed by atoms with E-state index in [1.807, 2.05) is 0 Å². The highest BCUT2D eigenvalue weighted by Gasteiger charge is 2.46. The smallest absolute Gasteiger partial charge is 0.397 e. The van der Waals surface area contributed by atoms with Crippen LogP contribution in [0.15, 0.2) is 54.6 Å². The molecule has 0 aliphatic heterocycles. The number of nitrogen functional groups attached to an aromatic ring is 2. The maximum absolute atomic E-state index is 13.6. The van der Waals surface area contributed by atoms with Gasteiger partial charge in [0.25, 0.3) is 0 Å². The summed E-state index contributed by atoms with van der Waals surface area (Å²) < 4.78 is 161. The highest BCUT2D eigenvalue weighted by atomic mass is 19.4. The summed E-state index contributed by atoms with van der Waals surface area (Å²) in [6, 6.07) is 5.89. The molecular formula is C22H13F12N3. The van der Waals surface area contributed by atoms with Crippen molar-refractivity contribution in [1.82, 2.24) is 0 Å². The largest absolute Gasteiger partial charge is 0.417 e. The molecule has 200 valence electrons. The van der Waals surface area contributed by atoms with Gasteiger partial charge in [-0.05, 0) is 36.4 Å². The molecule has 0 saturated heterocycles. The topological polar surface area (TPSA) is 55.3 Å². The molecule has 37 heavy (non-hydrogen) atoms. The molecule has 0 bridgehead atoms. The predicted molar refractivity (Wildman–Crippen MR) is 110 cm³/mol. The van der Waals surface area contributed by atoms with Crippen LogP contribution in [0.1, 0.15) is 22.3 Å². The third-order valence-corrected chi connectivity index (χ3v) is 5.05. The van der Waals surface area contributed by atoms with Crippen LogP contribution in [0.25, 0.3) is 0 Å². The minimum absolute atomic E-state index is 0.0600. The van der Waals surface area contributed by atoms with Gasteiger partial charge in [-0.25, -0.2) is 0 Å². The number of rotatable bonds is 3. The molecule has 0 aliphatic carbocycles. The van der Waals surface area contributed by atoms with Gasteiger partial charge in [-0.1, -0.05) is 18.2 Å². The van der Waals surface area contributed by atoms with E-state index < -0.39 is 69.7 Å². The Morgan fingerprint density at radius 1 is 0.459 bits per heavy atom. The second-order valence-electron chi connectivity index (χ2n) is 7.58. The van der Waals surface area contributed by atoms with Crippen molar-refractivity contribution < 1.29 is 52.7 Å². The van der Waals surface area contributed by atoms with Crippen molar-refractivity contribution in [3.05, 3.63) is 76.9 Å². The van der Waals surface area contributed by atoms with E-state index in [4.69, 9.17) is 11.5 Å². The van der Waals surface area contributed by atoms with Gasteiger partial charge in [0.15, 0.2) is 0 Å². The van der Waals surface area contributed by atoms with E-state index in [0.717, 1.165) is 12.1 Å². The molecular weight excluding hydrogens is 534 g/mol. The molecule has 0 atom stereocenters. The number of nitrogens with zero attached hydrogens (tertiary/aromatic N) is 1. The Bertz CT molecular complexity index is 1210. The van der Waals surface area contributed by atoms with Crippen LogP contribution in [0.2, 0.25) is 0 Å². The summed E-state index contributed by atoms with van der Waals surface area (Å²) in [5.74, 6) is 0. The molecule has 4 N–H and O–H groups in total. The summed E-state index contributed by atoms with van der Waals surface area (Å²) >= 11 is 0. The summed E-state index contributed by atoms with van der Waals surface area (Å²) in [6.45, 7) is 0. The van der Waals surface area contributed by atoms with E-state index in [1.165, 1.54) is 18.2 Å². The molecule has 3 rings (SSSR count). The lowest BCUT2D eigenvalue weighted by molar-refractivity contribution is -0.162. The fourth-order valence-corrected chi connectivity index (χ4v) is 3.52. The third-order valence-electron chi connectivity index (χ3n) is 5.05. The number of halogens is 12. The predicted octanol–water partition coefficient (Wildman–Crippen LogP) is 8.40. The van der Waals surface area contributed by atoms with Crippen molar-refractivity contribution in [3.8, 4) is 0 Å². The number of hydrogen-bond donors (Lipinski definition) is 2. The van der Waals surface area contributed by atoms with E-state index >= 15 is 0 Å². The van der Waals surface area contributed by atoms with Gasteiger partial charge >= 0.3 is 24.7 Å². The number of benzene rings is 3. The van der Waals surface area contributed by atoms with Crippen molar-refractivity contribution in [2.45, 2.75) is 24.7 Å². The Kier molecular flexibility index (Phi) is 6.73. The lowest BCUT2D eigenvalue weighted by Crippen LogP contribution is -2.22. The fraction of sp³-hybridized carbons (Fsp3) is 0.182. The fourth-order valence-electron chi connectivity index (χ4n) is 3.52. The maximum atomic E-state index is 13.6. The molecule has 0 heterocycles. The van der Waals surface area contributed by atoms with Gasteiger partial charge in [-0.3, -0.25) is 0 Å². The van der Waals surface area contributed by atoms with Gasteiger partial charge in [0.05, 0.1) is 45.0 Å². The third kappa shape index (κ3) is 5.64. The summed E-state index contributed by atoms with van der Waals surface area (Å²) in [5.41, 5.74) is -1.59. The molecule has 0 spiro atoms. The van der Waals surface area contributed by atoms with Crippen molar-refractivity contribution in [1.29, 1.82) is 0 Å². The van der Waals surface area contributed by atoms with E-state index in [-0.39, 0.29) is 30.0 Å². The Morgan fingerprint density at radius 3 is 1.05 bits per heavy atom. The molecule has 0 saturated carbocycles. The lowest BCUT2D eigenvalue weighted by Gasteiger charge is -2.30. The van der Waals surface area contributed by atoms with Crippen LogP contribution in [0.5, 0.6) is 0 Å². The Labute approximate surface area is 199 Å². The summed E-state index contributed by atoms with van der Waals surface area (Å²) in [5, 5.41) is 0. The molecule has 3 aromatic rings. The molecule has 0 aromatic heterocycles. The van der Waals surface area contributed by atoms with E-state index in [1.54, 1.807) is 0 Å². The molecule has 15 heteroatoms. The Hall–Kier alpha value is -3.78. The number of hydrogen-bond acceptors (Lipinski definition) is 3. The van der Waals surface area contributed by atoms with Crippen LogP contribution in [-0.4, -0.2) is 0 Å². The number of nitrogens with two attached hydrogens (primary N) is 2. The number of anilines is 5. The first-order valence-electron chi connectivity index (χ1n) is 9.74. The van der Waals surface area contributed by atoms with Crippen LogP contribution in [0, 0.1) is 0 Å². The van der Waals surface area contributed by atoms with Gasteiger partial charge in [-0.15, -0.1) is 0 Å².